The van der Waals surface area contributed by atoms with Gasteiger partial charge in [-0.05, 0) is 58.1 Å². The summed E-state index contributed by atoms with van der Waals surface area (Å²) in [7, 11) is 0. The number of carbonyl (C=O) groups is 2. The molecule has 0 saturated carbocycles. The van der Waals surface area contributed by atoms with Crippen molar-refractivity contribution in [2.45, 2.75) is 65.5 Å². The normalized spacial score (nSPS) is 19.9. The monoisotopic (exact) mass is 368 g/mol. The molecule has 1 amide bonds. The van der Waals surface area contributed by atoms with E-state index in [0.29, 0.717) is 17.7 Å². The third-order valence-electron chi connectivity index (χ3n) is 5.57. The highest BCUT2D eigenvalue weighted by atomic mass is 16.5. The number of hydrogen-bond acceptors (Lipinski definition) is 4. The summed E-state index contributed by atoms with van der Waals surface area (Å²) in [6.45, 7) is 7.78. The van der Waals surface area contributed by atoms with Gasteiger partial charge in [0.1, 0.15) is 0 Å². The highest BCUT2D eigenvalue weighted by molar-refractivity contribution is 5.99. The van der Waals surface area contributed by atoms with Crippen molar-refractivity contribution in [1.82, 2.24) is 9.88 Å². The van der Waals surface area contributed by atoms with Gasteiger partial charge in [-0.25, -0.2) is 4.79 Å². The van der Waals surface area contributed by atoms with Crippen LogP contribution in [0.25, 0.3) is 10.9 Å². The van der Waals surface area contributed by atoms with Crippen LogP contribution >= 0.6 is 0 Å². The molecular weight excluding hydrogens is 340 g/mol. The van der Waals surface area contributed by atoms with Gasteiger partial charge in [0.25, 0.3) is 5.91 Å². The molecule has 0 spiro atoms. The summed E-state index contributed by atoms with van der Waals surface area (Å²) in [6, 6.07) is 8.15. The molecule has 5 heteroatoms. The van der Waals surface area contributed by atoms with Gasteiger partial charge >= 0.3 is 5.97 Å². The van der Waals surface area contributed by atoms with Gasteiger partial charge in [0.15, 0.2) is 6.61 Å². The van der Waals surface area contributed by atoms with E-state index in [-0.39, 0.29) is 24.6 Å². The van der Waals surface area contributed by atoms with Crippen LogP contribution < -0.4 is 0 Å². The fourth-order valence-corrected chi connectivity index (χ4v) is 4.15. The van der Waals surface area contributed by atoms with Gasteiger partial charge in [-0.2, -0.15) is 0 Å². The van der Waals surface area contributed by atoms with Crippen LogP contribution in [0.15, 0.2) is 24.3 Å². The summed E-state index contributed by atoms with van der Waals surface area (Å²) in [4.78, 5) is 31.9. The number of pyridine rings is 1. The van der Waals surface area contributed by atoms with Crippen molar-refractivity contribution in [3.63, 3.8) is 0 Å². The zero-order chi connectivity index (χ0) is 19.6. The number of esters is 1. The molecule has 1 aliphatic rings. The van der Waals surface area contributed by atoms with Gasteiger partial charge in [0, 0.05) is 17.5 Å². The third-order valence-corrected chi connectivity index (χ3v) is 5.57. The Kier molecular flexibility index (Phi) is 5.78. The zero-order valence-corrected chi connectivity index (χ0v) is 16.6. The molecule has 2 heterocycles. The zero-order valence-electron chi connectivity index (χ0n) is 16.6. The fourth-order valence-electron chi connectivity index (χ4n) is 4.15. The van der Waals surface area contributed by atoms with Gasteiger partial charge < -0.3 is 9.64 Å². The Balaban J connectivity index is 1.80. The van der Waals surface area contributed by atoms with Gasteiger partial charge in [-0.15, -0.1) is 0 Å². The van der Waals surface area contributed by atoms with Crippen molar-refractivity contribution in [3.8, 4) is 0 Å². The van der Waals surface area contributed by atoms with Crippen LogP contribution in [0.3, 0.4) is 0 Å². The topological polar surface area (TPSA) is 59.5 Å². The number of amides is 1. The van der Waals surface area contributed by atoms with Crippen LogP contribution in [0.1, 0.15) is 61.6 Å². The Bertz CT molecular complexity index is 852. The minimum absolute atomic E-state index is 0.118. The lowest BCUT2D eigenvalue weighted by molar-refractivity contribution is -0.140. The molecule has 3 rings (SSSR count). The van der Waals surface area contributed by atoms with Gasteiger partial charge in [-0.1, -0.05) is 25.1 Å². The first-order valence-corrected chi connectivity index (χ1v) is 9.80. The molecule has 0 N–H and O–H groups in total. The molecule has 0 unspecified atom stereocenters. The third kappa shape index (κ3) is 3.82. The quantitative estimate of drug-likeness (QED) is 0.764. The molecule has 144 valence electrons. The minimum Gasteiger partial charge on any atom is -0.452 e. The smallest absolute Gasteiger partial charge is 0.340 e. The van der Waals surface area contributed by atoms with E-state index in [1.54, 1.807) is 0 Å². The molecule has 0 bridgehead atoms. The number of benzene rings is 1. The molecule has 1 aliphatic heterocycles. The number of aromatic nitrogens is 1. The molecule has 2 aromatic rings. The van der Waals surface area contributed by atoms with Crippen LogP contribution in [0.2, 0.25) is 0 Å². The van der Waals surface area contributed by atoms with E-state index in [0.717, 1.165) is 35.7 Å². The Morgan fingerprint density at radius 3 is 2.52 bits per heavy atom. The second kappa shape index (κ2) is 8.07. The van der Waals surface area contributed by atoms with Gasteiger partial charge in [0.05, 0.1) is 16.8 Å². The van der Waals surface area contributed by atoms with Crippen LogP contribution in [0, 0.1) is 6.92 Å². The fraction of sp³-hybridized carbons (Fsp3) is 0.500. The maximum Gasteiger partial charge on any atom is 0.340 e. The van der Waals surface area contributed by atoms with E-state index in [4.69, 9.17) is 4.74 Å². The summed E-state index contributed by atoms with van der Waals surface area (Å²) >= 11 is 0. The molecule has 2 atom stereocenters. The van der Waals surface area contributed by atoms with Crippen molar-refractivity contribution < 1.29 is 14.3 Å². The van der Waals surface area contributed by atoms with Crippen molar-refractivity contribution in [3.05, 3.63) is 41.1 Å². The van der Waals surface area contributed by atoms with Gasteiger partial charge in [-0.3, -0.25) is 9.78 Å². The molecule has 5 nitrogen and oxygen atoms in total. The van der Waals surface area contributed by atoms with E-state index in [1.807, 2.05) is 43.0 Å². The SMILES string of the molecule is CCc1nc2ccccc2c(C)c1C(=O)OCC(=O)N1[C@H](C)CCC[C@@H]1C. The van der Waals surface area contributed by atoms with Crippen molar-refractivity contribution >= 4 is 22.8 Å². The predicted molar refractivity (Wildman–Crippen MR) is 106 cm³/mol. The lowest BCUT2D eigenvalue weighted by Crippen LogP contribution is -2.49. The predicted octanol–water partition coefficient (Wildman–Crippen LogP) is 4.05. The average Bonchev–Trinajstić information content (AvgIpc) is 2.65. The summed E-state index contributed by atoms with van der Waals surface area (Å²) in [5.41, 5.74) is 2.93. The largest absolute Gasteiger partial charge is 0.452 e. The standard InChI is InChI=1S/C22H28N2O3/c1-5-18-21(16(4)17-11-6-7-12-19(17)23-18)22(26)27-13-20(25)24-14(2)9-8-10-15(24)3/h6-7,11-12,14-15H,5,8-10,13H2,1-4H3/t14-,15+. The average molecular weight is 368 g/mol. The number of aryl methyl sites for hydroxylation is 2. The highest BCUT2D eigenvalue weighted by Crippen LogP contribution is 2.25. The highest BCUT2D eigenvalue weighted by Gasteiger charge is 2.30. The number of likely N-dealkylation sites (tertiary alicyclic amines) is 1. The van der Waals surface area contributed by atoms with Crippen LogP contribution in [0.5, 0.6) is 0 Å². The second-order valence-electron chi connectivity index (χ2n) is 7.44. The van der Waals surface area contributed by atoms with E-state index in [9.17, 15) is 9.59 Å². The maximum absolute atomic E-state index is 12.8. The van der Waals surface area contributed by atoms with E-state index < -0.39 is 5.97 Å². The van der Waals surface area contributed by atoms with Crippen LogP contribution in [-0.4, -0.2) is 40.5 Å². The molecule has 1 aromatic carbocycles. The molecule has 1 aromatic heterocycles. The number of para-hydroxylation sites is 1. The molecule has 1 fully saturated rings. The van der Waals surface area contributed by atoms with Crippen molar-refractivity contribution in [2.24, 2.45) is 0 Å². The summed E-state index contributed by atoms with van der Waals surface area (Å²) in [6.07, 6.45) is 3.76. The summed E-state index contributed by atoms with van der Waals surface area (Å²) < 4.78 is 5.44. The lowest BCUT2D eigenvalue weighted by atomic mass is 9.97. The van der Waals surface area contributed by atoms with Gasteiger partial charge in [0.2, 0.25) is 0 Å². The van der Waals surface area contributed by atoms with E-state index >= 15 is 0 Å². The Hall–Kier alpha value is -2.43. The molecule has 0 aliphatic carbocycles. The number of nitrogens with zero attached hydrogens (tertiary/aromatic N) is 2. The van der Waals surface area contributed by atoms with Crippen LogP contribution in [0.4, 0.5) is 0 Å². The Morgan fingerprint density at radius 1 is 1.19 bits per heavy atom. The van der Waals surface area contributed by atoms with Crippen LogP contribution in [-0.2, 0) is 16.0 Å². The number of rotatable bonds is 4. The second-order valence-corrected chi connectivity index (χ2v) is 7.44. The first-order chi connectivity index (χ1) is 12.9. The lowest BCUT2D eigenvalue weighted by Gasteiger charge is -2.38. The summed E-state index contributed by atoms with van der Waals surface area (Å²) in [5.74, 6) is -0.583. The minimum atomic E-state index is -0.465. The first-order valence-electron chi connectivity index (χ1n) is 9.80. The Morgan fingerprint density at radius 2 is 1.85 bits per heavy atom. The number of fused-ring (bicyclic) bond motifs is 1. The van der Waals surface area contributed by atoms with Crippen molar-refractivity contribution in [2.75, 3.05) is 6.61 Å². The number of piperidine rings is 1. The molecule has 27 heavy (non-hydrogen) atoms. The summed E-state index contributed by atoms with van der Waals surface area (Å²) in [5, 5.41) is 0.936. The van der Waals surface area contributed by atoms with Crippen molar-refractivity contribution in [1.29, 1.82) is 0 Å². The molecular formula is C22H28N2O3. The van der Waals surface area contributed by atoms with E-state index in [1.165, 1.54) is 0 Å². The molecule has 1 saturated heterocycles. The first kappa shape index (κ1) is 19.3. The number of carbonyl (C=O) groups excluding carboxylic acids is 2. The number of ether oxygens (including phenoxy) is 1. The van der Waals surface area contributed by atoms with E-state index in [2.05, 4.69) is 18.8 Å². The number of hydrogen-bond donors (Lipinski definition) is 0. The molecule has 0 radical (unpaired) electrons. The maximum atomic E-state index is 12.8. The Labute approximate surface area is 160 Å².